The van der Waals surface area contributed by atoms with Gasteiger partial charge < -0.3 is 15.2 Å². The highest BCUT2D eigenvalue weighted by Crippen LogP contribution is 2.13. The van der Waals surface area contributed by atoms with Gasteiger partial charge in [-0.25, -0.2) is 9.37 Å². The molecule has 1 aliphatic heterocycles. The lowest BCUT2D eigenvalue weighted by atomic mass is 10.1. The van der Waals surface area contributed by atoms with E-state index in [0.717, 1.165) is 44.0 Å². The molecule has 1 aromatic heterocycles. The van der Waals surface area contributed by atoms with Crippen molar-refractivity contribution in [1.82, 2.24) is 19.8 Å². The molecule has 2 heterocycles. The van der Waals surface area contributed by atoms with Crippen LogP contribution in [-0.4, -0.2) is 51.8 Å². The van der Waals surface area contributed by atoms with Crippen LogP contribution in [-0.2, 0) is 24.4 Å². The van der Waals surface area contributed by atoms with E-state index in [2.05, 4.69) is 15.2 Å². The van der Waals surface area contributed by atoms with Gasteiger partial charge in [-0.3, -0.25) is 19.1 Å². The van der Waals surface area contributed by atoms with Crippen LogP contribution >= 0.6 is 0 Å². The summed E-state index contributed by atoms with van der Waals surface area (Å²) in [5, 5.41) is 12.9. The lowest BCUT2D eigenvalue weighted by Crippen LogP contribution is -2.35. The second-order valence-electron chi connectivity index (χ2n) is 7.89. The fraction of sp³-hybridized carbons (Fsp3) is 0.292. The van der Waals surface area contributed by atoms with Crippen molar-refractivity contribution in [2.75, 3.05) is 26.3 Å². The number of benzene rings is 2. The number of amides is 1. The van der Waals surface area contributed by atoms with Crippen molar-refractivity contribution in [2.45, 2.75) is 19.6 Å². The molecule has 2 N–H and O–H groups in total. The zero-order valence-corrected chi connectivity index (χ0v) is 18.0. The van der Waals surface area contributed by atoms with Gasteiger partial charge in [0.15, 0.2) is 5.69 Å². The van der Waals surface area contributed by atoms with Crippen molar-refractivity contribution < 1.29 is 19.0 Å². The minimum Gasteiger partial charge on any atom is -0.501 e. The first-order chi connectivity index (χ1) is 16.0. The van der Waals surface area contributed by atoms with Crippen LogP contribution in [0.15, 0.2) is 59.7 Å². The van der Waals surface area contributed by atoms with Gasteiger partial charge in [0.25, 0.3) is 11.5 Å². The number of aromatic nitrogens is 2. The van der Waals surface area contributed by atoms with Crippen LogP contribution < -0.4 is 10.9 Å². The van der Waals surface area contributed by atoms with E-state index in [1.807, 2.05) is 24.3 Å². The van der Waals surface area contributed by atoms with Gasteiger partial charge in [-0.15, -0.1) is 0 Å². The molecule has 0 aliphatic carbocycles. The Kier molecular flexibility index (Phi) is 7.11. The number of hydrogen-bond donors (Lipinski definition) is 2. The van der Waals surface area contributed by atoms with E-state index in [4.69, 9.17) is 4.74 Å². The Hall–Kier alpha value is -3.56. The van der Waals surface area contributed by atoms with E-state index in [1.165, 1.54) is 35.2 Å². The zero-order chi connectivity index (χ0) is 23.2. The number of morpholine rings is 1. The van der Waals surface area contributed by atoms with Gasteiger partial charge >= 0.3 is 0 Å². The first-order valence-corrected chi connectivity index (χ1v) is 10.7. The molecule has 0 atom stereocenters. The summed E-state index contributed by atoms with van der Waals surface area (Å²) in [6.07, 6.45) is 1.25. The molecule has 4 rings (SSSR count). The smallest absolute Gasteiger partial charge is 0.296 e. The zero-order valence-electron chi connectivity index (χ0n) is 18.0. The normalized spacial score (nSPS) is 14.2. The topological polar surface area (TPSA) is 96.7 Å². The number of rotatable bonds is 7. The van der Waals surface area contributed by atoms with Gasteiger partial charge in [-0.1, -0.05) is 36.4 Å². The first kappa shape index (κ1) is 22.6. The number of aromatic hydroxyl groups is 1. The molecule has 1 fully saturated rings. The molecule has 0 bridgehead atoms. The summed E-state index contributed by atoms with van der Waals surface area (Å²) in [6.45, 7) is 4.34. The monoisotopic (exact) mass is 452 g/mol. The average molecular weight is 452 g/mol. The summed E-state index contributed by atoms with van der Waals surface area (Å²) in [5.74, 6) is -1.77. The average Bonchev–Trinajstić information content (AvgIpc) is 2.82. The fourth-order valence-electron chi connectivity index (χ4n) is 3.67. The first-order valence-electron chi connectivity index (χ1n) is 10.7. The van der Waals surface area contributed by atoms with Crippen molar-refractivity contribution in [3.63, 3.8) is 0 Å². The molecule has 1 saturated heterocycles. The second kappa shape index (κ2) is 10.4. The second-order valence-corrected chi connectivity index (χ2v) is 7.89. The summed E-state index contributed by atoms with van der Waals surface area (Å²) in [5.41, 5.74) is 1.64. The van der Waals surface area contributed by atoms with Crippen LogP contribution in [0.2, 0.25) is 0 Å². The van der Waals surface area contributed by atoms with E-state index in [-0.39, 0.29) is 24.6 Å². The van der Waals surface area contributed by atoms with E-state index >= 15 is 0 Å². The third kappa shape index (κ3) is 5.82. The van der Waals surface area contributed by atoms with Crippen LogP contribution in [0.4, 0.5) is 4.39 Å². The van der Waals surface area contributed by atoms with Gasteiger partial charge in [0.2, 0.25) is 5.75 Å². The highest BCUT2D eigenvalue weighted by Gasteiger charge is 2.18. The largest absolute Gasteiger partial charge is 0.501 e. The van der Waals surface area contributed by atoms with Crippen molar-refractivity contribution >= 4 is 5.91 Å². The molecule has 172 valence electrons. The molecular formula is C24H25FN4O4. The maximum Gasteiger partial charge on any atom is 0.296 e. The molecule has 9 heteroatoms. The van der Waals surface area contributed by atoms with Crippen molar-refractivity contribution in [1.29, 1.82) is 0 Å². The Morgan fingerprint density at radius 2 is 1.76 bits per heavy atom. The lowest BCUT2D eigenvalue weighted by molar-refractivity contribution is 0.0342. The Morgan fingerprint density at radius 1 is 1.06 bits per heavy atom. The predicted molar refractivity (Wildman–Crippen MR) is 119 cm³/mol. The van der Waals surface area contributed by atoms with Crippen LogP contribution in [0, 0.1) is 5.82 Å². The third-order valence-corrected chi connectivity index (χ3v) is 5.45. The molecule has 1 aliphatic rings. The number of nitrogens with zero attached hydrogens (tertiary/aromatic N) is 3. The maximum absolute atomic E-state index is 13.0. The Morgan fingerprint density at radius 3 is 2.48 bits per heavy atom. The SMILES string of the molecule is O=C(NCc1ccc(F)cc1)c1ncn(Cc2cccc(CN3CCOCC3)c2)c(=O)c1O. The van der Waals surface area contributed by atoms with Crippen LogP contribution in [0.5, 0.6) is 5.75 Å². The minimum atomic E-state index is -0.710. The predicted octanol–water partition coefficient (Wildman–Crippen LogP) is 1.90. The van der Waals surface area contributed by atoms with Crippen LogP contribution in [0.25, 0.3) is 0 Å². The molecule has 1 amide bonds. The highest BCUT2D eigenvalue weighted by molar-refractivity contribution is 5.94. The highest BCUT2D eigenvalue weighted by atomic mass is 19.1. The molecule has 0 radical (unpaired) electrons. The van der Waals surface area contributed by atoms with Crippen LogP contribution in [0.1, 0.15) is 27.2 Å². The molecule has 0 unspecified atom stereocenters. The van der Waals surface area contributed by atoms with Gasteiger partial charge in [0.1, 0.15) is 5.82 Å². The molecule has 8 nitrogen and oxygen atoms in total. The van der Waals surface area contributed by atoms with E-state index in [0.29, 0.717) is 5.56 Å². The summed E-state index contributed by atoms with van der Waals surface area (Å²) < 4.78 is 19.6. The van der Waals surface area contributed by atoms with Crippen LogP contribution in [0.3, 0.4) is 0 Å². The van der Waals surface area contributed by atoms with Crippen molar-refractivity contribution in [3.05, 3.63) is 93.4 Å². The van der Waals surface area contributed by atoms with Gasteiger partial charge in [-0.2, -0.15) is 0 Å². The van der Waals surface area contributed by atoms with E-state index < -0.39 is 17.2 Å². The van der Waals surface area contributed by atoms with Crippen molar-refractivity contribution in [2.24, 2.45) is 0 Å². The molecule has 0 spiro atoms. The van der Waals surface area contributed by atoms with E-state index in [9.17, 15) is 19.1 Å². The Bertz CT molecular complexity index is 1170. The third-order valence-electron chi connectivity index (χ3n) is 5.45. The summed E-state index contributed by atoms with van der Waals surface area (Å²) in [4.78, 5) is 31.3. The summed E-state index contributed by atoms with van der Waals surface area (Å²) >= 11 is 0. The summed E-state index contributed by atoms with van der Waals surface area (Å²) in [7, 11) is 0. The number of nitrogens with one attached hydrogen (secondary N) is 1. The number of carbonyl (C=O) groups is 1. The number of hydrogen-bond acceptors (Lipinski definition) is 6. The van der Waals surface area contributed by atoms with E-state index in [1.54, 1.807) is 0 Å². The van der Waals surface area contributed by atoms with Gasteiger partial charge in [-0.05, 0) is 28.8 Å². The molecule has 33 heavy (non-hydrogen) atoms. The molecule has 2 aromatic carbocycles. The van der Waals surface area contributed by atoms with Gasteiger partial charge in [0.05, 0.1) is 26.1 Å². The molecular weight excluding hydrogens is 427 g/mol. The maximum atomic E-state index is 13.0. The lowest BCUT2D eigenvalue weighted by Gasteiger charge is -2.26. The number of halogens is 1. The van der Waals surface area contributed by atoms with Crippen molar-refractivity contribution in [3.8, 4) is 5.75 Å². The van der Waals surface area contributed by atoms with Gasteiger partial charge in [0, 0.05) is 26.2 Å². The minimum absolute atomic E-state index is 0.110. The number of ether oxygens (including phenoxy) is 1. The Balaban J connectivity index is 1.42. The molecule has 3 aromatic rings. The quantitative estimate of drug-likeness (QED) is 0.569. The fourth-order valence-corrected chi connectivity index (χ4v) is 3.67. The summed E-state index contributed by atoms with van der Waals surface area (Å²) in [6, 6.07) is 13.5. The number of carbonyl (C=O) groups excluding carboxylic acids is 1. The standard InChI is InChI=1S/C24H25FN4O4/c25-20-6-4-17(5-7-20)13-26-23(31)21-22(30)24(32)29(16-27-21)15-19-3-1-2-18(12-19)14-28-8-10-33-11-9-28/h1-7,12,16,30H,8-11,13-15H2,(H,26,31). The Labute approximate surface area is 190 Å². The molecule has 0 saturated carbocycles.